The van der Waals surface area contributed by atoms with Crippen LogP contribution < -0.4 is 5.32 Å². The summed E-state index contributed by atoms with van der Waals surface area (Å²) in [6.07, 6.45) is 1.68. The molecule has 2 rings (SSSR count). The molecule has 0 spiro atoms. The van der Waals surface area contributed by atoms with Gasteiger partial charge in [0.05, 0.1) is 12.8 Å². The normalized spacial score (nSPS) is 12.6. The number of hydrogen-bond acceptors (Lipinski definition) is 2. The fourth-order valence-electron chi connectivity index (χ4n) is 1.56. The Morgan fingerprint density at radius 3 is 2.88 bits per heavy atom. The summed E-state index contributed by atoms with van der Waals surface area (Å²) in [5.74, 6) is 0.939. The maximum atomic E-state index is 5.94. The zero-order valence-electron chi connectivity index (χ0n) is 9.11. The van der Waals surface area contributed by atoms with Crippen molar-refractivity contribution in [2.45, 2.75) is 19.5 Å². The second kappa shape index (κ2) is 5.19. The van der Waals surface area contributed by atoms with Crippen LogP contribution >= 0.6 is 11.6 Å². The summed E-state index contributed by atoms with van der Waals surface area (Å²) in [6.45, 7) is 2.83. The highest BCUT2D eigenvalue weighted by atomic mass is 35.5. The summed E-state index contributed by atoms with van der Waals surface area (Å²) >= 11 is 5.94. The van der Waals surface area contributed by atoms with Gasteiger partial charge in [0.15, 0.2) is 0 Å². The maximum absolute atomic E-state index is 5.94. The lowest BCUT2D eigenvalue weighted by Gasteiger charge is -2.13. The molecule has 2 nitrogen and oxygen atoms in total. The first kappa shape index (κ1) is 11.2. The van der Waals surface area contributed by atoms with Gasteiger partial charge in [-0.2, -0.15) is 0 Å². The fourth-order valence-corrected chi connectivity index (χ4v) is 1.76. The van der Waals surface area contributed by atoms with E-state index < -0.39 is 0 Å². The molecule has 0 unspecified atom stereocenters. The van der Waals surface area contributed by atoms with Crippen molar-refractivity contribution in [3.63, 3.8) is 0 Å². The summed E-state index contributed by atoms with van der Waals surface area (Å²) in [6, 6.07) is 12.0. The highest BCUT2D eigenvalue weighted by molar-refractivity contribution is 6.30. The molecule has 0 amide bonds. The summed E-state index contributed by atoms with van der Waals surface area (Å²) in [5, 5.41) is 4.14. The summed E-state index contributed by atoms with van der Waals surface area (Å²) < 4.78 is 5.25. The molecule has 0 aliphatic heterocycles. The van der Waals surface area contributed by atoms with Crippen LogP contribution in [0.5, 0.6) is 0 Å². The minimum absolute atomic E-state index is 0.254. The molecule has 0 aliphatic carbocycles. The second-order valence-electron chi connectivity index (χ2n) is 3.74. The van der Waals surface area contributed by atoms with Crippen molar-refractivity contribution < 1.29 is 4.42 Å². The lowest BCUT2D eigenvalue weighted by molar-refractivity contribution is 0.460. The lowest BCUT2D eigenvalue weighted by Crippen LogP contribution is -2.17. The molecule has 0 aliphatic rings. The molecule has 0 bridgehead atoms. The first-order chi connectivity index (χ1) is 7.75. The number of nitrogens with one attached hydrogen (secondary N) is 1. The number of rotatable bonds is 4. The van der Waals surface area contributed by atoms with E-state index in [1.165, 1.54) is 5.56 Å². The standard InChI is InChI=1S/C13H14ClNO/c1-10(11-4-2-5-12(14)8-11)15-9-13-6-3-7-16-13/h2-8,10,15H,9H2,1H3/t10-/m0/s1. The van der Waals surface area contributed by atoms with Crippen LogP contribution in [0.25, 0.3) is 0 Å². The van der Waals surface area contributed by atoms with Gasteiger partial charge in [0.2, 0.25) is 0 Å². The minimum atomic E-state index is 0.254. The predicted molar refractivity (Wildman–Crippen MR) is 65.4 cm³/mol. The smallest absolute Gasteiger partial charge is 0.117 e. The van der Waals surface area contributed by atoms with E-state index in [0.29, 0.717) is 0 Å². The molecule has 0 fully saturated rings. The molecule has 1 aromatic carbocycles. The van der Waals surface area contributed by atoms with Crippen LogP contribution in [0.3, 0.4) is 0 Å². The Kier molecular flexibility index (Phi) is 3.65. The van der Waals surface area contributed by atoms with E-state index in [2.05, 4.69) is 18.3 Å². The van der Waals surface area contributed by atoms with E-state index in [9.17, 15) is 0 Å². The van der Waals surface area contributed by atoms with Crippen molar-refractivity contribution in [2.75, 3.05) is 0 Å². The van der Waals surface area contributed by atoms with Crippen LogP contribution in [0.15, 0.2) is 47.1 Å². The Morgan fingerprint density at radius 1 is 1.31 bits per heavy atom. The molecule has 84 valence electrons. The van der Waals surface area contributed by atoms with E-state index in [-0.39, 0.29) is 6.04 Å². The molecule has 1 atom stereocenters. The van der Waals surface area contributed by atoms with Gasteiger partial charge in [-0.1, -0.05) is 23.7 Å². The van der Waals surface area contributed by atoms with Crippen LogP contribution in [-0.2, 0) is 6.54 Å². The number of furan rings is 1. The van der Waals surface area contributed by atoms with Gasteiger partial charge >= 0.3 is 0 Å². The van der Waals surface area contributed by atoms with Gasteiger partial charge in [-0.25, -0.2) is 0 Å². The number of hydrogen-bond donors (Lipinski definition) is 1. The predicted octanol–water partition coefficient (Wildman–Crippen LogP) is 3.78. The van der Waals surface area contributed by atoms with E-state index in [1.54, 1.807) is 6.26 Å². The second-order valence-corrected chi connectivity index (χ2v) is 4.17. The van der Waals surface area contributed by atoms with Crippen molar-refractivity contribution >= 4 is 11.6 Å². The molecule has 3 heteroatoms. The van der Waals surface area contributed by atoms with Crippen LogP contribution in [0.1, 0.15) is 24.3 Å². The zero-order chi connectivity index (χ0) is 11.4. The molecular weight excluding hydrogens is 222 g/mol. The van der Waals surface area contributed by atoms with Gasteiger partial charge in [0, 0.05) is 11.1 Å². The minimum Gasteiger partial charge on any atom is -0.468 e. The first-order valence-electron chi connectivity index (χ1n) is 5.27. The van der Waals surface area contributed by atoms with E-state index >= 15 is 0 Å². The van der Waals surface area contributed by atoms with Gasteiger partial charge in [-0.15, -0.1) is 0 Å². The molecule has 0 radical (unpaired) electrons. The number of halogens is 1. The van der Waals surface area contributed by atoms with Gasteiger partial charge in [-0.3, -0.25) is 0 Å². The monoisotopic (exact) mass is 235 g/mol. The molecule has 1 heterocycles. The lowest BCUT2D eigenvalue weighted by atomic mass is 10.1. The summed E-state index contributed by atoms with van der Waals surface area (Å²) in [7, 11) is 0. The average molecular weight is 236 g/mol. The van der Waals surface area contributed by atoms with Gasteiger partial charge in [-0.05, 0) is 36.8 Å². The molecule has 1 N–H and O–H groups in total. The molecule has 1 aromatic heterocycles. The van der Waals surface area contributed by atoms with Crippen molar-refractivity contribution in [3.05, 3.63) is 59.0 Å². The van der Waals surface area contributed by atoms with Crippen molar-refractivity contribution in [1.29, 1.82) is 0 Å². The Balaban J connectivity index is 1.95. The highest BCUT2D eigenvalue weighted by Gasteiger charge is 2.05. The maximum Gasteiger partial charge on any atom is 0.117 e. The summed E-state index contributed by atoms with van der Waals surface area (Å²) in [4.78, 5) is 0. The van der Waals surface area contributed by atoms with Crippen LogP contribution in [-0.4, -0.2) is 0 Å². The van der Waals surface area contributed by atoms with E-state index in [0.717, 1.165) is 17.3 Å². The largest absolute Gasteiger partial charge is 0.468 e. The quantitative estimate of drug-likeness (QED) is 0.873. The van der Waals surface area contributed by atoms with Crippen LogP contribution in [0.4, 0.5) is 0 Å². The van der Waals surface area contributed by atoms with Gasteiger partial charge in [0.1, 0.15) is 5.76 Å². The van der Waals surface area contributed by atoms with Gasteiger partial charge < -0.3 is 9.73 Å². The van der Waals surface area contributed by atoms with Crippen LogP contribution in [0.2, 0.25) is 5.02 Å². The molecule has 0 saturated heterocycles. The topological polar surface area (TPSA) is 25.2 Å². The third-order valence-corrected chi connectivity index (χ3v) is 2.75. The Morgan fingerprint density at radius 2 is 2.19 bits per heavy atom. The van der Waals surface area contributed by atoms with Gasteiger partial charge in [0.25, 0.3) is 0 Å². The molecule has 0 saturated carbocycles. The van der Waals surface area contributed by atoms with Crippen LogP contribution in [0, 0.1) is 0 Å². The third kappa shape index (κ3) is 2.87. The molecule has 2 aromatic rings. The van der Waals surface area contributed by atoms with E-state index in [1.807, 2.05) is 30.3 Å². The Labute approximate surface area is 100 Å². The first-order valence-corrected chi connectivity index (χ1v) is 5.65. The SMILES string of the molecule is C[C@H](NCc1ccco1)c1cccc(Cl)c1. The Hall–Kier alpha value is -1.25. The van der Waals surface area contributed by atoms with Crippen molar-refractivity contribution in [2.24, 2.45) is 0 Å². The Bertz CT molecular complexity index is 439. The van der Waals surface area contributed by atoms with Crippen molar-refractivity contribution in [1.82, 2.24) is 5.32 Å². The molecule has 16 heavy (non-hydrogen) atoms. The van der Waals surface area contributed by atoms with E-state index in [4.69, 9.17) is 16.0 Å². The molecular formula is C13H14ClNO. The fraction of sp³-hybridized carbons (Fsp3) is 0.231. The number of benzene rings is 1. The van der Waals surface area contributed by atoms with Crippen molar-refractivity contribution in [3.8, 4) is 0 Å². The summed E-state index contributed by atoms with van der Waals surface area (Å²) in [5.41, 5.74) is 1.18. The zero-order valence-corrected chi connectivity index (χ0v) is 9.87. The highest BCUT2D eigenvalue weighted by Crippen LogP contribution is 2.17. The third-order valence-electron chi connectivity index (χ3n) is 2.51. The average Bonchev–Trinajstić information content (AvgIpc) is 2.78.